The molecule has 0 spiro atoms. The summed E-state index contributed by atoms with van der Waals surface area (Å²) in [6.45, 7) is 6.18. The summed E-state index contributed by atoms with van der Waals surface area (Å²) in [5, 5.41) is 2.81. The summed E-state index contributed by atoms with van der Waals surface area (Å²) in [4.78, 5) is 12.3. The zero-order valence-corrected chi connectivity index (χ0v) is 15.2. The largest absolute Gasteiger partial charge is 0.448 e. The monoisotopic (exact) mass is 355 g/mol. The summed E-state index contributed by atoms with van der Waals surface area (Å²) in [7, 11) is 0. The van der Waals surface area contributed by atoms with Crippen molar-refractivity contribution >= 4 is 17.4 Å². The Morgan fingerprint density at radius 3 is 2.22 bits per heavy atom. The van der Waals surface area contributed by atoms with Crippen LogP contribution >= 0.6 is 0 Å². The van der Waals surface area contributed by atoms with Gasteiger partial charge in [0.1, 0.15) is 6.61 Å². The van der Waals surface area contributed by atoms with Gasteiger partial charge in [0.05, 0.1) is 0 Å². The van der Waals surface area contributed by atoms with Crippen molar-refractivity contribution in [3.63, 3.8) is 0 Å². The Balaban J connectivity index is 1.48. The third-order valence-corrected chi connectivity index (χ3v) is 4.95. The second-order valence-corrected chi connectivity index (χ2v) is 6.81. The number of allylic oxidation sites excluding steroid dienone is 1. The van der Waals surface area contributed by atoms with Gasteiger partial charge in [0.15, 0.2) is 0 Å². The van der Waals surface area contributed by atoms with E-state index in [1.54, 1.807) is 0 Å². The number of ether oxygens (including phenoxy) is 1. The van der Waals surface area contributed by atoms with Crippen LogP contribution in [0.15, 0.2) is 79.4 Å². The number of hydrogen-bond acceptors (Lipinski definition) is 2. The standard InChI is InChI=1S/C24H21NO2/c1-16(2)17-8-7-9-18(14-17)25-24(26)27-15-23-21-12-5-3-10-19(21)20-11-4-6-13-22(20)23/h3-14,23H,1,15H2,2H3,(H,25,26). The van der Waals surface area contributed by atoms with Crippen LogP contribution < -0.4 is 5.32 Å². The maximum Gasteiger partial charge on any atom is 0.411 e. The van der Waals surface area contributed by atoms with Gasteiger partial charge in [0.2, 0.25) is 0 Å². The van der Waals surface area contributed by atoms with E-state index in [2.05, 4.69) is 36.2 Å². The van der Waals surface area contributed by atoms with E-state index in [9.17, 15) is 4.79 Å². The average Bonchev–Trinajstić information content (AvgIpc) is 3.00. The van der Waals surface area contributed by atoms with Gasteiger partial charge in [0.25, 0.3) is 0 Å². The molecule has 3 aromatic rings. The number of hydrogen-bond donors (Lipinski definition) is 1. The average molecular weight is 355 g/mol. The molecule has 0 bridgehead atoms. The Kier molecular flexibility index (Phi) is 4.51. The highest BCUT2D eigenvalue weighted by molar-refractivity contribution is 5.86. The lowest BCUT2D eigenvalue weighted by atomic mass is 9.98. The Morgan fingerprint density at radius 2 is 1.59 bits per heavy atom. The molecule has 1 N–H and O–H groups in total. The second kappa shape index (κ2) is 7.12. The molecule has 1 aliphatic rings. The first-order chi connectivity index (χ1) is 13.1. The number of anilines is 1. The Labute approximate surface area is 159 Å². The Morgan fingerprint density at radius 1 is 0.963 bits per heavy atom. The zero-order valence-electron chi connectivity index (χ0n) is 15.2. The van der Waals surface area contributed by atoms with Gasteiger partial charge in [0, 0.05) is 11.6 Å². The normalized spacial score (nSPS) is 12.2. The van der Waals surface area contributed by atoms with Crippen LogP contribution in [0.5, 0.6) is 0 Å². The molecular formula is C24H21NO2. The van der Waals surface area contributed by atoms with E-state index in [-0.39, 0.29) is 5.92 Å². The number of benzene rings is 3. The third-order valence-electron chi connectivity index (χ3n) is 4.95. The molecule has 3 nitrogen and oxygen atoms in total. The molecule has 1 aliphatic carbocycles. The smallest absolute Gasteiger partial charge is 0.411 e. The van der Waals surface area contributed by atoms with Crippen molar-refractivity contribution in [2.45, 2.75) is 12.8 Å². The SMILES string of the molecule is C=C(C)c1cccc(NC(=O)OCC2c3ccccc3-c3ccccc32)c1. The van der Waals surface area contributed by atoms with Crippen molar-refractivity contribution in [1.29, 1.82) is 0 Å². The summed E-state index contributed by atoms with van der Waals surface area (Å²) in [6, 6.07) is 24.2. The van der Waals surface area contributed by atoms with Gasteiger partial charge >= 0.3 is 6.09 Å². The highest BCUT2D eigenvalue weighted by Crippen LogP contribution is 2.44. The lowest BCUT2D eigenvalue weighted by molar-refractivity contribution is 0.158. The summed E-state index contributed by atoms with van der Waals surface area (Å²) < 4.78 is 5.57. The van der Waals surface area contributed by atoms with Gasteiger partial charge in [-0.25, -0.2) is 4.79 Å². The third kappa shape index (κ3) is 3.36. The van der Waals surface area contributed by atoms with Gasteiger partial charge in [-0.05, 0) is 46.9 Å². The molecule has 27 heavy (non-hydrogen) atoms. The number of rotatable bonds is 4. The van der Waals surface area contributed by atoms with Crippen LogP contribution in [0.4, 0.5) is 10.5 Å². The molecular weight excluding hydrogens is 334 g/mol. The summed E-state index contributed by atoms with van der Waals surface area (Å²) in [5.74, 6) is 0.0601. The van der Waals surface area contributed by atoms with Crippen LogP contribution in [0.3, 0.4) is 0 Å². The second-order valence-electron chi connectivity index (χ2n) is 6.81. The maximum atomic E-state index is 12.3. The zero-order chi connectivity index (χ0) is 18.8. The molecule has 3 aromatic carbocycles. The molecule has 3 heteroatoms. The molecule has 0 unspecified atom stereocenters. The van der Waals surface area contributed by atoms with Gasteiger partial charge in [-0.2, -0.15) is 0 Å². The minimum absolute atomic E-state index is 0.0601. The predicted octanol–water partition coefficient (Wildman–Crippen LogP) is 6.08. The van der Waals surface area contributed by atoms with Crippen LogP contribution in [-0.2, 0) is 4.74 Å². The van der Waals surface area contributed by atoms with Crippen molar-refractivity contribution in [2.24, 2.45) is 0 Å². The van der Waals surface area contributed by atoms with E-state index < -0.39 is 6.09 Å². The number of nitrogens with one attached hydrogen (secondary N) is 1. The van der Waals surface area contributed by atoms with Gasteiger partial charge < -0.3 is 4.74 Å². The number of carbonyl (C=O) groups is 1. The van der Waals surface area contributed by atoms with Crippen LogP contribution in [0.2, 0.25) is 0 Å². The first kappa shape index (κ1) is 17.1. The van der Waals surface area contributed by atoms with Gasteiger partial charge in [-0.1, -0.05) is 72.8 Å². The molecule has 1 amide bonds. The topological polar surface area (TPSA) is 38.3 Å². The van der Waals surface area contributed by atoms with Crippen LogP contribution in [-0.4, -0.2) is 12.7 Å². The Bertz CT molecular complexity index is 977. The highest BCUT2D eigenvalue weighted by atomic mass is 16.5. The van der Waals surface area contributed by atoms with Crippen molar-refractivity contribution < 1.29 is 9.53 Å². The summed E-state index contributed by atoms with van der Waals surface area (Å²) in [5.41, 5.74) is 7.49. The fraction of sp³-hybridized carbons (Fsp3) is 0.125. The van der Waals surface area contributed by atoms with Gasteiger partial charge in [-0.3, -0.25) is 5.32 Å². The first-order valence-electron chi connectivity index (χ1n) is 9.01. The van der Waals surface area contributed by atoms with E-state index in [0.29, 0.717) is 12.3 Å². The molecule has 134 valence electrons. The molecule has 0 saturated carbocycles. The fourth-order valence-corrected chi connectivity index (χ4v) is 3.61. The van der Waals surface area contributed by atoms with Crippen molar-refractivity contribution in [1.82, 2.24) is 0 Å². The van der Waals surface area contributed by atoms with E-state index in [1.807, 2.05) is 55.5 Å². The predicted molar refractivity (Wildman–Crippen MR) is 110 cm³/mol. The molecule has 0 aromatic heterocycles. The number of amides is 1. The lowest BCUT2D eigenvalue weighted by Gasteiger charge is -2.15. The fourth-order valence-electron chi connectivity index (χ4n) is 3.61. The first-order valence-corrected chi connectivity index (χ1v) is 9.01. The molecule has 0 radical (unpaired) electrons. The van der Waals surface area contributed by atoms with Gasteiger partial charge in [-0.15, -0.1) is 0 Å². The van der Waals surface area contributed by atoms with Crippen LogP contribution in [0.25, 0.3) is 16.7 Å². The van der Waals surface area contributed by atoms with E-state index in [0.717, 1.165) is 11.1 Å². The molecule has 0 fully saturated rings. The van der Waals surface area contributed by atoms with E-state index >= 15 is 0 Å². The number of fused-ring (bicyclic) bond motifs is 3. The molecule has 0 aliphatic heterocycles. The quantitative estimate of drug-likeness (QED) is 0.616. The highest BCUT2D eigenvalue weighted by Gasteiger charge is 2.28. The number of carbonyl (C=O) groups excluding carboxylic acids is 1. The Hall–Kier alpha value is -3.33. The van der Waals surface area contributed by atoms with Crippen molar-refractivity contribution in [3.8, 4) is 11.1 Å². The summed E-state index contributed by atoms with van der Waals surface area (Å²) >= 11 is 0. The molecule has 4 rings (SSSR count). The van der Waals surface area contributed by atoms with E-state index in [1.165, 1.54) is 22.3 Å². The summed E-state index contributed by atoms with van der Waals surface area (Å²) in [6.07, 6.45) is -0.448. The van der Waals surface area contributed by atoms with Crippen molar-refractivity contribution in [3.05, 3.63) is 96.1 Å². The maximum absolute atomic E-state index is 12.3. The minimum Gasteiger partial charge on any atom is -0.448 e. The van der Waals surface area contributed by atoms with E-state index in [4.69, 9.17) is 4.74 Å². The molecule has 0 heterocycles. The van der Waals surface area contributed by atoms with Crippen LogP contribution in [0, 0.1) is 0 Å². The van der Waals surface area contributed by atoms with Crippen molar-refractivity contribution in [2.75, 3.05) is 11.9 Å². The molecule has 0 saturated heterocycles. The minimum atomic E-state index is -0.448. The molecule has 0 atom stereocenters. The van der Waals surface area contributed by atoms with Crippen LogP contribution in [0.1, 0.15) is 29.5 Å². The lowest BCUT2D eigenvalue weighted by Crippen LogP contribution is -2.17.